The number of halogens is 3. The zero-order chi connectivity index (χ0) is 26.4. The average molecular weight is 529 g/mol. The van der Waals surface area contributed by atoms with Gasteiger partial charge in [-0.2, -0.15) is 0 Å². The van der Waals surface area contributed by atoms with Crippen LogP contribution in [0.25, 0.3) is 0 Å². The predicted octanol–water partition coefficient (Wildman–Crippen LogP) is 5.12. The van der Waals surface area contributed by atoms with Crippen LogP contribution in [0.5, 0.6) is 0 Å². The lowest BCUT2D eigenvalue weighted by molar-refractivity contribution is 0.00144. The summed E-state index contributed by atoms with van der Waals surface area (Å²) < 4.78 is 39.0. The van der Waals surface area contributed by atoms with Crippen molar-refractivity contribution in [2.24, 2.45) is 0 Å². The molecule has 6 nitrogen and oxygen atoms in total. The lowest BCUT2D eigenvalue weighted by Gasteiger charge is -2.36. The minimum atomic E-state index is -0.651. The van der Waals surface area contributed by atoms with E-state index in [0.29, 0.717) is 48.9 Å². The lowest BCUT2D eigenvalue weighted by Crippen LogP contribution is -2.49. The van der Waals surface area contributed by atoms with Crippen molar-refractivity contribution < 1.29 is 27.8 Å². The lowest BCUT2D eigenvalue weighted by atomic mass is 10.1. The molecule has 0 bridgehead atoms. The second kappa shape index (κ2) is 12.3. The molecule has 1 aliphatic rings. The molecule has 1 atom stereocenters. The molecule has 0 aliphatic carbocycles. The first-order valence-corrected chi connectivity index (χ1v) is 12.2. The second-order valence-corrected chi connectivity index (χ2v) is 9.15. The summed E-state index contributed by atoms with van der Waals surface area (Å²) in [6.45, 7) is 2.49. The van der Waals surface area contributed by atoms with E-state index in [0.717, 1.165) is 5.56 Å². The first-order chi connectivity index (χ1) is 17.9. The molecule has 0 unspecified atom stereocenters. The summed E-state index contributed by atoms with van der Waals surface area (Å²) in [7, 11) is 1.31. The Morgan fingerprint density at radius 1 is 0.892 bits per heavy atom. The van der Waals surface area contributed by atoms with Crippen LogP contribution in [0.3, 0.4) is 0 Å². The maximum atomic E-state index is 14.1. The smallest absolute Gasteiger partial charge is 0.337 e. The Bertz CT molecular complexity index is 1210. The van der Waals surface area contributed by atoms with Crippen molar-refractivity contribution in [2.75, 3.05) is 39.8 Å². The highest BCUT2D eigenvalue weighted by molar-refractivity contribution is 6.30. The molecule has 194 valence electrons. The molecule has 0 radical (unpaired) electrons. The molecule has 4 rings (SSSR count). The van der Waals surface area contributed by atoms with Gasteiger partial charge < -0.3 is 14.4 Å². The van der Waals surface area contributed by atoms with Gasteiger partial charge in [-0.25, -0.2) is 13.6 Å². The Labute approximate surface area is 219 Å². The van der Waals surface area contributed by atoms with Crippen molar-refractivity contribution in [3.05, 3.63) is 106 Å². The van der Waals surface area contributed by atoms with E-state index in [2.05, 4.69) is 4.90 Å². The van der Waals surface area contributed by atoms with Crippen LogP contribution >= 0.6 is 11.6 Å². The van der Waals surface area contributed by atoms with E-state index in [1.807, 2.05) is 12.1 Å². The van der Waals surface area contributed by atoms with E-state index >= 15 is 0 Å². The Hall–Kier alpha value is -3.33. The number of amides is 1. The van der Waals surface area contributed by atoms with Crippen molar-refractivity contribution in [3.63, 3.8) is 0 Å². The number of benzene rings is 3. The van der Waals surface area contributed by atoms with Crippen LogP contribution in [0.1, 0.15) is 37.9 Å². The molecule has 1 amide bonds. The fourth-order valence-corrected chi connectivity index (χ4v) is 4.33. The van der Waals surface area contributed by atoms with E-state index in [9.17, 15) is 18.4 Å². The van der Waals surface area contributed by atoms with Gasteiger partial charge in [0, 0.05) is 48.9 Å². The molecule has 0 N–H and O–H groups in total. The van der Waals surface area contributed by atoms with Crippen LogP contribution in [-0.2, 0) is 16.1 Å². The molecule has 3 aromatic rings. The van der Waals surface area contributed by atoms with Gasteiger partial charge in [0.05, 0.1) is 25.4 Å². The summed E-state index contributed by atoms with van der Waals surface area (Å²) in [4.78, 5) is 28.5. The molecule has 1 saturated heterocycles. The number of nitrogens with zero attached hydrogens (tertiary/aromatic N) is 2. The fraction of sp³-hybridized carbons (Fsp3) is 0.286. The number of rotatable bonds is 8. The summed E-state index contributed by atoms with van der Waals surface area (Å²) in [5.41, 5.74) is 1.60. The van der Waals surface area contributed by atoms with E-state index < -0.39 is 23.7 Å². The SMILES string of the molecule is COC(=O)c1ccc(C(=O)N2CCN(C[C@H](OCc3c(F)cccc3F)c3ccc(Cl)cc3)CC2)cc1. The number of methoxy groups -OCH3 is 1. The number of esters is 1. The van der Waals surface area contributed by atoms with Gasteiger partial charge >= 0.3 is 5.97 Å². The fourth-order valence-electron chi connectivity index (χ4n) is 4.20. The van der Waals surface area contributed by atoms with Crippen LogP contribution in [-0.4, -0.2) is 61.5 Å². The van der Waals surface area contributed by atoms with E-state index in [4.69, 9.17) is 21.1 Å². The van der Waals surface area contributed by atoms with Gasteiger partial charge in [-0.15, -0.1) is 0 Å². The van der Waals surface area contributed by atoms with Gasteiger partial charge in [-0.3, -0.25) is 9.69 Å². The van der Waals surface area contributed by atoms with Gasteiger partial charge in [0.1, 0.15) is 11.6 Å². The quantitative estimate of drug-likeness (QED) is 0.380. The second-order valence-electron chi connectivity index (χ2n) is 8.71. The summed E-state index contributed by atoms with van der Waals surface area (Å²) in [5, 5.41) is 0.578. The van der Waals surface area contributed by atoms with Crippen molar-refractivity contribution in [3.8, 4) is 0 Å². The summed E-state index contributed by atoms with van der Waals surface area (Å²) in [6, 6.07) is 17.3. The van der Waals surface area contributed by atoms with Gasteiger partial charge in [0.25, 0.3) is 5.91 Å². The molecule has 37 heavy (non-hydrogen) atoms. The number of carbonyl (C=O) groups excluding carboxylic acids is 2. The third-order valence-corrected chi connectivity index (χ3v) is 6.62. The van der Waals surface area contributed by atoms with Crippen molar-refractivity contribution in [2.45, 2.75) is 12.7 Å². The highest BCUT2D eigenvalue weighted by Gasteiger charge is 2.25. The summed E-state index contributed by atoms with van der Waals surface area (Å²) in [5.74, 6) is -1.87. The van der Waals surface area contributed by atoms with E-state index in [1.54, 1.807) is 41.3 Å². The number of hydrogen-bond acceptors (Lipinski definition) is 5. The molecule has 9 heteroatoms. The minimum absolute atomic E-state index is 0.114. The zero-order valence-corrected chi connectivity index (χ0v) is 21.1. The maximum absolute atomic E-state index is 14.1. The van der Waals surface area contributed by atoms with E-state index in [1.165, 1.54) is 25.3 Å². The third-order valence-electron chi connectivity index (χ3n) is 6.37. The van der Waals surface area contributed by atoms with Crippen LogP contribution in [0.2, 0.25) is 5.02 Å². The largest absolute Gasteiger partial charge is 0.465 e. The third kappa shape index (κ3) is 6.71. The molecule has 1 heterocycles. The Morgan fingerprint density at radius 3 is 2.08 bits per heavy atom. The molecular weight excluding hydrogens is 502 g/mol. The molecule has 3 aromatic carbocycles. The summed E-state index contributed by atoms with van der Waals surface area (Å²) >= 11 is 6.04. The Kier molecular flexibility index (Phi) is 8.87. The first-order valence-electron chi connectivity index (χ1n) is 11.9. The zero-order valence-electron chi connectivity index (χ0n) is 20.3. The number of ether oxygens (including phenoxy) is 2. The number of hydrogen-bond donors (Lipinski definition) is 0. The molecule has 1 aliphatic heterocycles. The highest BCUT2D eigenvalue weighted by atomic mass is 35.5. The summed E-state index contributed by atoms with van der Waals surface area (Å²) in [6.07, 6.45) is -0.454. The van der Waals surface area contributed by atoms with Crippen molar-refractivity contribution in [1.82, 2.24) is 9.80 Å². The normalized spacial score (nSPS) is 14.9. The molecular formula is C28H27ClF2N2O4. The number of carbonyl (C=O) groups is 2. The Morgan fingerprint density at radius 2 is 1.49 bits per heavy atom. The topological polar surface area (TPSA) is 59.1 Å². The maximum Gasteiger partial charge on any atom is 0.337 e. The molecule has 0 aromatic heterocycles. The molecule has 0 spiro atoms. The molecule has 1 fully saturated rings. The average Bonchev–Trinajstić information content (AvgIpc) is 2.92. The predicted molar refractivity (Wildman–Crippen MR) is 135 cm³/mol. The highest BCUT2D eigenvalue weighted by Crippen LogP contribution is 2.25. The van der Waals surface area contributed by atoms with Crippen molar-refractivity contribution in [1.29, 1.82) is 0 Å². The minimum Gasteiger partial charge on any atom is -0.465 e. The molecule has 0 saturated carbocycles. The van der Waals surface area contributed by atoms with Gasteiger partial charge in [-0.1, -0.05) is 29.8 Å². The van der Waals surface area contributed by atoms with Crippen molar-refractivity contribution >= 4 is 23.5 Å². The first kappa shape index (κ1) is 26.7. The standard InChI is InChI=1S/C28H27ClF2N2O4/c1-36-28(35)21-7-5-20(6-8-21)27(34)33-15-13-32(14-16-33)17-26(19-9-11-22(29)12-10-19)37-18-23-24(30)3-2-4-25(23)31/h2-12,26H,13-18H2,1H3/t26-/m0/s1. The Balaban J connectivity index is 1.39. The van der Waals surface area contributed by atoms with Crippen LogP contribution in [0.15, 0.2) is 66.7 Å². The van der Waals surface area contributed by atoms with E-state index in [-0.39, 0.29) is 18.1 Å². The monoisotopic (exact) mass is 528 g/mol. The van der Waals surface area contributed by atoms with Gasteiger partial charge in [0.2, 0.25) is 0 Å². The van der Waals surface area contributed by atoms with Gasteiger partial charge in [-0.05, 0) is 54.1 Å². The van der Waals surface area contributed by atoms with Crippen LogP contribution < -0.4 is 0 Å². The number of piperazine rings is 1. The van der Waals surface area contributed by atoms with Crippen LogP contribution in [0, 0.1) is 11.6 Å². The van der Waals surface area contributed by atoms with Crippen LogP contribution in [0.4, 0.5) is 8.78 Å². The van der Waals surface area contributed by atoms with Gasteiger partial charge in [0.15, 0.2) is 0 Å².